The first-order valence-corrected chi connectivity index (χ1v) is 8.31. The van der Waals surface area contributed by atoms with Crippen molar-refractivity contribution in [1.82, 2.24) is 0 Å². The molecule has 3 rings (SSSR count). The summed E-state index contributed by atoms with van der Waals surface area (Å²) in [5.41, 5.74) is 3.23. The molecule has 0 fully saturated rings. The van der Waals surface area contributed by atoms with Crippen molar-refractivity contribution in [3.63, 3.8) is 0 Å². The molecule has 3 heteroatoms. The molecular weight excluding hydrogens is 310 g/mol. The Bertz CT molecular complexity index is 943. The van der Waals surface area contributed by atoms with Crippen LogP contribution in [-0.4, -0.2) is 17.1 Å². The third-order valence-electron chi connectivity index (χ3n) is 4.25. The van der Waals surface area contributed by atoms with Crippen LogP contribution in [-0.2, 0) is 0 Å². The van der Waals surface area contributed by atoms with E-state index in [0.29, 0.717) is 5.69 Å². The van der Waals surface area contributed by atoms with Crippen molar-refractivity contribution in [3.05, 3.63) is 83.9 Å². The highest BCUT2D eigenvalue weighted by atomic mass is 16.4. The van der Waals surface area contributed by atoms with Gasteiger partial charge in [0.1, 0.15) is 0 Å². The molecule has 25 heavy (non-hydrogen) atoms. The lowest BCUT2D eigenvalue weighted by Crippen LogP contribution is -2.15. The highest BCUT2D eigenvalue weighted by Crippen LogP contribution is 2.22. The van der Waals surface area contributed by atoms with Crippen molar-refractivity contribution in [2.75, 3.05) is 5.32 Å². The van der Waals surface area contributed by atoms with Gasteiger partial charge < -0.3 is 10.4 Å². The normalized spacial score (nSPS) is 12.8. The standard InChI is InChI=1S/C22H21NO2/c1-15(18-12-11-17-7-3-4-8-19(17)14-18)13-16(2)23-21-10-6-5-9-20(21)22(24)25/h3-14,16,23H,1-2H3,(H,24,25)/b15-13+. The number of aromatic carboxylic acids is 1. The van der Waals surface area contributed by atoms with E-state index in [9.17, 15) is 9.90 Å². The van der Waals surface area contributed by atoms with Crippen LogP contribution in [0.3, 0.4) is 0 Å². The van der Waals surface area contributed by atoms with E-state index in [1.807, 2.05) is 25.1 Å². The first-order chi connectivity index (χ1) is 12.0. The number of allylic oxidation sites excluding steroid dienone is 1. The lowest BCUT2D eigenvalue weighted by molar-refractivity contribution is 0.0698. The zero-order valence-corrected chi connectivity index (χ0v) is 14.4. The summed E-state index contributed by atoms with van der Waals surface area (Å²) < 4.78 is 0. The highest BCUT2D eigenvalue weighted by molar-refractivity contribution is 5.94. The van der Waals surface area contributed by atoms with Crippen LogP contribution in [0.5, 0.6) is 0 Å². The van der Waals surface area contributed by atoms with Gasteiger partial charge in [-0.25, -0.2) is 4.79 Å². The van der Waals surface area contributed by atoms with E-state index in [2.05, 4.69) is 48.6 Å². The summed E-state index contributed by atoms with van der Waals surface area (Å²) in [5.74, 6) is -0.925. The number of carbonyl (C=O) groups is 1. The number of hydrogen-bond donors (Lipinski definition) is 2. The van der Waals surface area contributed by atoms with Gasteiger partial charge in [-0.15, -0.1) is 0 Å². The largest absolute Gasteiger partial charge is 0.478 e. The molecule has 0 radical (unpaired) electrons. The van der Waals surface area contributed by atoms with Gasteiger partial charge in [-0.1, -0.05) is 54.6 Å². The topological polar surface area (TPSA) is 49.3 Å². The van der Waals surface area contributed by atoms with E-state index in [0.717, 1.165) is 5.57 Å². The maximum Gasteiger partial charge on any atom is 0.337 e. The van der Waals surface area contributed by atoms with Crippen LogP contribution in [0.25, 0.3) is 16.3 Å². The molecule has 3 aromatic rings. The van der Waals surface area contributed by atoms with E-state index in [1.165, 1.54) is 16.3 Å². The molecular formula is C22H21NO2. The number of carboxylic acid groups (broad SMARTS) is 1. The van der Waals surface area contributed by atoms with Gasteiger partial charge in [-0.3, -0.25) is 0 Å². The second kappa shape index (κ2) is 7.22. The van der Waals surface area contributed by atoms with Gasteiger partial charge in [0.2, 0.25) is 0 Å². The number of anilines is 1. The molecule has 0 saturated carbocycles. The van der Waals surface area contributed by atoms with Gasteiger partial charge >= 0.3 is 5.97 Å². The Morgan fingerprint density at radius 2 is 1.68 bits per heavy atom. The number of carboxylic acids is 1. The molecule has 0 aliphatic rings. The Morgan fingerprint density at radius 1 is 1.00 bits per heavy atom. The number of para-hydroxylation sites is 1. The van der Waals surface area contributed by atoms with E-state index in [1.54, 1.807) is 18.2 Å². The third-order valence-corrected chi connectivity index (χ3v) is 4.25. The lowest BCUT2D eigenvalue weighted by Gasteiger charge is -2.15. The maximum atomic E-state index is 11.3. The monoisotopic (exact) mass is 331 g/mol. The van der Waals surface area contributed by atoms with Crippen LogP contribution in [0.2, 0.25) is 0 Å². The zero-order valence-electron chi connectivity index (χ0n) is 14.4. The number of rotatable bonds is 5. The summed E-state index contributed by atoms with van der Waals surface area (Å²) in [6.07, 6.45) is 2.11. The maximum absolute atomic E-state index is 11.3. The summed E-state index contributed by atoms with van der Waals surface area (Å²) >= 11 is 0. The fraction of sp³-hybridized carbons (Fsp3) is 0.136. The van der Waals surface area contributed by atoms with Crippen molar-refractivity contribution < 1.29 is 9.90 Å². The Balaban J connectivity index is 1.82. The second-order valence-corrected chi connectivity index (χ2v) is 6.20. The summed E-state index contributed by atoms with van der Waals surface area (Å²) in [4.78, 5) is 11.3. The predicted molar refractivity (Wildman–Crippen MR) is 104 cm³/mol. The smallest absolute Gasteiger partial charge is 0.337 e. The molecule has 0 heterocycles. The quantitative estimate of drug-likeness (QED) is 0.654. The van der Waals surface area contributed by atoms with E-state index in [-0.39, 0.29) is 11.6 Å². The fourth-order valence-corrected chi connectivity index (χ4v) is 2.99. The molecule has 0 saturated heterocycles. The molecule has 3 aromatic carbocycles. The lowest BCUT2D eigenvalue weighted by atomic mass is 10.0. The van der Waals surface area contributed by atoms with Crippen LogP contribution in [0.15, 0.2) is 72.8 Å². The van der Waals surface area contributed by atoms with Crippen molar-refractivity contribution in [1.29, 1.82) is 0 Å². The molecule has 1 unspecified atom stereocenters. The fourth-order valence-electron chi connectivity index (χ4n) is 2.99. The van der Waals surface area contributed by atoms with Crippen LogP contribution in [0, 0.1) is 0 Å². The Hall–Kier alpha value is -3.07. The second-order valence-electron chi connectivity index (χ2n) is 6.20. The summed E-state index contributed by atoms with van der Waals surface area (Å²) in [5, 5.41) is 15.0. The average molecular weight is 331 g/mol. The van der Waals surface area contributed by atoms with Gasteiger partial charge in [0, 0.05) is 11.7 Å². The SMILES string of the molecule is C/C(=C\C(C)Nc1ccccc1C(=O)O)c1ccc2ccccc2c1. The molecule has 0 aliphatic carbocycles. The van der Waals surface area contributed by atoms with Crippen LogP contribution in [0.1, 0.15) is 29.8 Å². The molecule has 0 aliphatic heterocycles. The highest BCUT2D eigenvalue weighted by Gasteiger charge is 2.10. The molecule has 2 N–H and O–H groups in total. The summed E-state index contributed by atoms with van der Waals surface area (Å²) in [6.45, 7) is 4.09. The number of fused-ring (bicyclic) bond motifs is 1. The van der Waals surface area contributed by atoms with Gasteiger partial charge in [0.25, 0.3) is 0 Å². The average Bonchev–Trinajstić information content (AvgIpc) is 2.61. The molecule has 0 bridgehead atoms. The Kier molecular flexibility index (Phi) is 4.85. The molecule has 1 atom stereocenters. The molecule has 0 spiro atoms. The minimum Gasteiger partial charge on any atom is -0.478 e. The number of benzene rings is 3. The first kappa shape index (κ1) is 16.8. The third kappa shape index (κ3) is 3.89. The van der Waals surface area contributed by atoms with Crippen LogP contribution >= 0.6 is 0 Å². The molecule has 0 amide bonds. The molecule has 126 valence electrons. The van der Waals surface area contributed by atoms with Gasteiger partial charge in [-0.2, -0.15) is 0 Å². The molecule has 3 nitrogen and oxygen atoms in total. The predicted octanol–water partition coefficient (Wildman–Crippen LogP) is 5.44. The van der Waals surface area contributed by atoms with Gasteiger partial charge in [-0.05, 0) is 54.0 Å². The van der Waals surface area contributed by atoms with E-state index >= 15 is 0 Å². The number of nitrogens with one attached hydrogen (secondary N) is 1. The first-order valence-electron chi connectivity index (χ1n) is 8.31. The molecule has 0 aromatic heterocycles. The van der Waals surface area contributed by atoms with Gasteiger partial charge in [0.15, 0.2) is 0 Å². The van der Waals surface area contributed by atoms with Crippen molar-refractivity contribution in [2.24, 2.45) is 0 Å². The van der Waals surface area contributed by atoms with Gasteiger partial charge in [0.05, 0.1) is 5.56 Å². The summed E-state index contributed by atoms with van der Waals surface area (Å²) in [6, 6.07) is 21.7. The van der Waals surface area contributed by atoms with Crippen molar-refractivity contribution in [2.45, 2.75) is 19.9 Å². The van der Waals surface area contributed by atoms with Crippen LogP contribution < -0.4 is 5.32 Å². The Labute approximate surface area is 147 Å². The summed E-state index contributed by atoms with van der Waals surface area (Å²) in [7, 11) is 0. The Morgan fingerprint density at radius 3 is 2.44 bits per heavy atom. The van der Waals surface area contributed by atoms with E-state index < -0.39 is 5.97 Å². The van der Waals surface area contributed by atoms with Crippen molar-refractivity contribution in [3.8, 4) is 0 Å². The zero-order chi connectivity index (χ0) is 17.8. The minimum atomic E-state index is -0.925. The van der Waals surface area contributed by atoms with E-state index in [4.69, 9.17) is 0 Å². The minimum absolute atomic E-state index is 0.00645. The number of hydrogen-bond acceptors (Lipinski definition) is 2. The van der Waals surface area contributed by atoms with Crippen LogP contribution in [0.4, 0.5) is 5.69 Å². The van der Waals surface area contributed by atoms with Crippen molar-refractivity contribution >= 4 is 28.0 Å².